The molecule has 0 heterocycles. The summed E-state index contributed by atoms with van der Waals surface area (Å²) in [5.74, 6) is 1.18. The summed E-state index contributed by atoms with van der Waals surface area (Å²) in [6.45, 7) is 5.84. The van der Waals surface area contributed by atoms with Gasteiger partial charge in [-0.2, -0.15) is 0 Å². The van der Waals surface area contributed by atoms with E-state index in [4.69, 9.17) is 4.74 Å². The summed E-state index contributed by atoms with van der Waals surface area (Å²) in [6, 6.07) is 16.6. The average Bonchev–Trinajstić information content (AvgIpc) is 2.65. The summed E-state index contributed by atoms with van der Waals surface area (Å²) in [5, 5.41) is 13.2. The fourth-order valence-corrected chi connectivity index (χ4v) is 2.37. The normalized spacial score (nSPS) is 12.5. The second-order valence-corrected chi connectivity index (χ2v) is 6.65. The van der Waals surface area contributed by atoms with E-state index in [1.165, 1.54) is 0 Å². The molecule has 0 aromatic heterocycles. The molecule has 2 rings (SSSR count). The molecule has 4 heteroatoms. The van der Waals surface area contributed by atoms with Crippen LogP contribution in [0.5, 0.6) is 5.75 Å². The Hall–Kier alpha value is -2.43. The monoisotopic (exact) mass is 353 g/mol. The first kappa shape index (κ1) is 19.9. The molecule has 2 aromatic carbocycles. The molecule has 0 saturated heterocycles. The van der Waals surface area contributed by atoms with Crippen molar-refractivity contribution < 1.29 is 14.6 Å². The first-order chi connectivity index (χ1) is 12.5. The number of rotatable bonds is 10. The van der Waals surface area contributed by atoms with Crippen LogP contribution in [0.1, 0.15) is 29.8 Å². The molecule has 1 atom stereocenters. The number of ether oxygens (including phenoxy) is 1. The van der Waals surface area contributed by atoms with Gasteiger partial charge in [0, 0.05) is 12.1 Å². The number of hydrogen-bond acceptors (Lipinski definition) is 4. The van der Waals surface area contributed by atoms with Crippen molar-refractivity contribution in [2.75, 3.05) is 19.7 Å². The van der Waals surface area contributed by atoms with E-state index in [2.05, 4.69) is 19.2 Å². The molecule has 2 aromatic rings. The summed E-state index contributed by atoms with van der Waals surface area (Å²) in [4.78, 5) is 12.1. The van der Waals surface area contributed by atoms with Crippen LogP contribution in [0.3, 0.4) is 0 Å². The van der Waals surface area contributed by atoms with Gasteiger partial charge >= 0.3 is 0 Å². The SMILES string of the molecule is CC(C)CNCC(O)COc1cccc(/C=C/C(=O)c2ccccc2)c1. The standard InChI is InChI=1S/C22H27NO3/c1-17(2)14-23-15-20(24)16-26-21-10-6-7-18(13-21)11-12-22(25)19-8-4-3-5-9-19/h3-13,17,20,23-24H,14-16H2,1-2H3/b12-11+. The second kappa shape index (κ2) is 10.5. The molecule has 4 nitrogen and oxygen atoms in total. The van der Waals surface area contributed by atoms with Crippen molar-refractivity contribution in [2.24, 2.45) is 5.92 Å². The minimum Gasteiger partial charge on any atom is -0.491 e. The topological polar surface area (TPSA) is 58.6 Å². The highest BCUT2D eigenvalue weighted by atomic mass is 16.5. The lowest BCUT2D eigenvalue weighted by molar-refractivity contribution is 0.104. The largest absolute Gasteiger partial charge is 0.491 e. The third-order valence-corrected chi connectivity index (χ3v) is 3.72. The Morgan fingerprint density at radius 3 is 2.62 bits per heavy atom. The van der Waals surface area contributed by atoms with Gasteiger partial charge in [-0.1, -0.05) is 62.4 Å². The van der Waals surface area contributed by atoms with Crippen LogP contribution in [0, 0.1) is 5.92 Å². The first-order valence-corrected chi connectivity index (χ1v) is 8.93. The third-order valence-electron chi connectivity index (χ3n) is 3.72. The number of hydrogen-bond donors (Lipinski definition) is 2. The van der Waals surface area contributed by atoms with Crippen LogP contribution in [-0.4, -0.2) is 36.7 Å². The fraction of sp³-hybridized carbons (Fsp3) is 0.318. The van der Waals surface area contributed by atoms with E-state index in [1.54, 1.807) is 24.3 Å². The fourth-order valence-electron chi connectivity index (χ4n) is 2.37. The summed E-state index contributed by atoms with van der Waals surface area (Å²) >= 11 is 0. The quantitative estimate of drug-likeness (QED) is 0.506. The van der Waals surface area contributed by atoms with E-state index in [-0.39, 0.29) is 12.4 Å². The van der Waals surface area contributed by atoms with Crippen molar-refractivity contribution in [3.05, 3.63) is 71.8 Å². The Labute approximate surface area is 155 Å². The predicted octanol–water partition coefficient (Wildman–Crippen LogP) is 3.57. The predicted molar refractivity (Wildman–Crippen MR) is 105 cm³/mol. The van der Waals surface area contributed by atoms with Crippen molar-refractivity contribution in [2.45, 2.75) is 20.0 Å². The van der Waals surface area contributed by atoms with Gasteiger partial charge in [0.15, 0.2) is 5.78 Å². The number of carbonyl (C=O) groups excluding carboxylic acids is 1. The molecular formula is C22H27NO3. The van der Waals surface area contributed by atoms with Crippen LogP contribution in [0.15, 0.2) is 60.7 Å². The number of aliphatic hydroxyl groups excluding tert-OH is 1. The van der Waals surface area contributed by atoms with Gasteiger partial charge in [-0.3, -0.25) is 4.79 Å². The van der Waals surface area contributed by atoms with Crippen molar-refractivity contribution in [3.63, 3.8) is 0 Å². The summed E-state index contributed by atoms with van der Waals surface area (Å²) in [6.07, 6.45) is 2.76. The molecule has 0 radical (unpaired) electrons. The van der Waals surface area contributed by atoms with Crippen molar-refractivity contribution in [1.82, 2.24) is 5.32 Å². The van der Waals surface area contributed by atoms with Gasteiger partial charge in [-0.25, -0.2) is 0 Å². The number of carbonyl (C=O) groups is 1. The van der Waals surface area contributed by atoms with Gasteiger partial charge in [0.25, 0.3) is 0 Å². The third kappa shape index (κ3) is 7.21. The molecule has 138 valence electrons. The molecule has 2 N–H and O–H groups in total. The van der Waals surface area contributed by atoms with E-state index in [1.807, 2.05) is 42.5 Å². The molecule has 1 unspecified atom stereocenters. The zero-order chi connectivity index (χ0) is 18.8. The maximum Gasteiger partial charge on any atom is 0.185 e. The minimum absolute atomic E-state index is 0.0384. The average molecular weight is 353 g/mol. The molecule has 0 fully saturated rings. The maximum absolute atomic E-state index is 12.1. The molecule has 0 bridgehead atoms. The molecule has 0 aliphatic carbocycles. The van der Waals surface area contributed by atoms with Crippen LogP contribution in [-0.2, 0) is 0 Å². The van der Waals surface area contributed by atoms with Crippen LogP contribution in [0.4, 0.5) is 0 Å². The van der Waals surface area contributed by atoms with Gasteiger partial charge in [-0.15, -0.1) is 0 Å². The number of ketones is 1. The number of aliphatic hydroxyl groups is 1. The molecule has 0 amide bonds. The summed E-state index contributed by atoms with van der Waals surface area (Å²) < 4.78 is 5.65. The van der Waals surface area contributed by atoms with Crippen LogP contribution in [0.2, 0.25) is 0 Å². The van der Waals surface area contributed by atoms with Gasteiger partial charge in [0.2, 0.25) is 0 Å². The Morgan fingerprint density at radius 2 is 1.88 bits per heavy atom. The second-order valence-electron chi connectivity index (χ2n) is 6.65. The van der Waals surface area contributed by atoms with Gasteiger partial charge < -0.3 is 15.2 Å². The van der Waals surface area contributed by atoms with Gasteiger partial charge in [0.05, 0.1) is 0 Å². The lowest BCUT2D eigenvalue weighted by Gasteiger charge is -2.14. The Kier molecular flexibility index (Phi) is 8.06. The first-order valence-electron chi connectivity index (χ1n) is 8.93. The van der Waals surface area contributed by atoms with Gasteiger partial charge in [-0.05, 0) is 36.2 Å². The zero-order valence-electron chi connectivity index (χ0n) is 15.4. The molecule has 0 saturated carbocycles. The number of allylic oxidation sites excluding steroid dienone is 1. The van der Waals surface area contributed by atoms with Crippen LogP contribution < -0.4 is 10.1 Å². The smallest absolute Gasteiger partial charge is 0.185 e. The van der Waals surface area contributed by atoms with Crippen molar-refractivity contribution in [3.8, 4) is 5.75 Å². The molecule has 0 spiro atoms. The zero-order valence-corrected chi connectivity index (χ0v) is 15.4. The number of nitrogens with one attached hydrogen (secondary N) is 1. The minimum atomic E-state index is -0.562. The lowest BCUT2D eigenvalue weighted by Crippen LogP contribution is -2.33. The Bertz CT molecular complexity index is 710. The maximum atomic E-state index is 12.1. The van der Waals surface area contributed by atoms with E-state index in [9.17, 15) is 9.90 Å². The van der Waals surface area contributed by atoms with Crippen molar-refractivity contribution in [1.29, 1.82) is 0 Å². The highest BCUT2D eigenvalue weighted by Crippen LogP contribution is 2.15. The van der Waals surface area contributed by atoms with Crippen LogP contribution >= 0.6 is 0 Å². The Balaban J connectivity index is 1.85. The summed E-state index contributed by atoms with van der Waals surface area (Å²) in [5.41, 5.74) is 1.53. The van der Waals surface area contributed by atoms with E-state index in [0.717, 1.165) is 12.1 Å². The number of benzene rings is 2. The summed E-state index contributed by atoms with van der Waals surface area (Å²) in [7, 11) is 0. The molecular weight excluding hydrogens is 326 g/mol. The highest BCUT2D eigenvalue weighted by molar-refractivity contribution is 6.06. The van der Waals surface area contributed by atoms with Crippen LogP contribution in [0.25, 0.3) is 6.08 Å². The van der Waals surface area contributed by atoms with Gasteiger partial charge in [0.1, 0.15) is 18.5 Å². The molecule has 0 aliphatic rings. The molecule has 26 heavy (non-hydrogen) atoms. The van der Waals surface area contributed by atoms with E-state index in [0.29, 0.717) is 23.8 Å². The van der Waals surface area contributed by atoms with Crippen molar-refractivity contribution >= 4 is 11.9 Å². The van der Waals surface area contributed by atoms with E-state index < -0.39 is 6.10 Å². The Morgan fingerprint density at radius 1 is 1.12 bits per heavy atom. The lowest BCUT2D eigenvalue weighted by atomic mass is 10.1. The highest BCUT2D eigenvalue weighted by Gasteiger charge is 2.06. The van der Waals surface area contributed by atoms with E-state index >= 15 is 0 Å². The molecule has 0 aliphatic heterocycles.